The summed E-state index contributed by atoms with van der Waals surface area (Å²) in [7, 11) is 0. The standard InChI is InChI=1S/C11H23NS/c1-3-9(4-2)11(13)8-6-5-7-10(11)12/h9-10,13H,3-8,12H2,1-2H3. The lowest BCUT2D eigenvalue weighted by Crippen LogP contribution is -2.50. The summed E-state index contributed by atoms with van der Waals surface area (Å²) < 4.78 is 0.127. The van der Waals surface area contributed by atoms with Crippen LogP contribution in [0.2, 0.25) is 0 Å². The largest absolute Gasteiger partial charge is 0.326 e. The molecule has 0 bridgehead atoms. The van der Waals surface area contributed by atoms with Gasteiger partial charge in [-0.05, 0) is 18.8 Å². The second-order valence-corrected chi connectivity index (χ2v) is 5.19. The van der Waals surface area contributed by atoms with Gasteiger partial charge >= 0.3 is 0 Å². The summed E-state index contributed by atoms with van der Waals surface area (Å²) in [5, 5.41) is 0. The van der Waals surface area contributed by atoms with E-state index in [9.17, 15) is 0 Å². The van der Waals surface area contributed by atoms with Crippen molar-refractivity contribution in [1.29, 1.82) is 0 Å². The molecule has 0 heterocycles. The zero-order valence-electron chi connectivity index (χ0n) is 8.92. The van der Waals surface area contributed by atoms with Crippen LogP contribution in [0.5, 0.6) is 0 Å². The van der Waals surface area contributed by atoms with Gasteiger partial charge in [0.25, 0.3) is 0 Å². The van der Waals surface area contributed by atoms with E-state index in [1.807, 2.05) is 0 Å². The van der Waals surface area contributed by atoms with Gasteiger partial charge in [-0.1, -0.05) is 39.5 Å². The summed E-state index contributed by atoms with van der Waals surface area (Å²) in [6.45, 7) is 4.51. The smallest absolute Gasteiger partial charge is 0.0308 e. The number of hydrogen-bond acceptors (Lipinski definition) is 2. The van der Waals surface area contributed by atoms with E-state index in [4.69, 9.17) is 18.4 Å². The number of thiol groups is 1. The molecule has 2 atom stereocenters. The lowest BCUT2D eigenvalue weighted by Gasteiger charge is -2.44. The first-order chi connectivity index (χ1) is 6.15. The molecule has 0 spiro atoms. The van der Waals surface area contributed by atoms with Crippen molar-refractivity contribution in [2.45, 2.75) is 63.2 Å². The summed E-state index contributed by atoms with van der Waals surface area (Å²) in [5.74, 6) is 0.700. The van der Waals surface area contributed by atoms with Crippen molar-refractivity contribution in [3.05, 3.63) is 0 Å². The maximum absolute atomic E-state index is 6.19. The van der Waals surface area contributed by atoms with Gasteiger partial charge in [0.2, 0.25) is 0 Å². The fourth-order valence-corrected chi connectivity index (χ4v) is 3.36. The highest BCUT2D eigenvalue weighted by Crippen LogP contribution is 2.41. The van der Waals surface area contributed by atoms with Crippen LogP contribution in [0.3, 0.4) is 0 Å². The predicted octanol–water partition coefficient (Wildman–Crippen LogP) is 2.99. The van der Waals surface area contributed by atoms with Crippen LogP contribution in [0.25, 0.3) is 0 Å². The molecule has 0 amide bonds. The molecule has 0 aromatic heterocycles. The van der Waals surface area contributed by atoms with Gasteiger partial charge in [-0.3, -0.25) is 0 Å². The zero-order valence-corrected chi connectivity index (χ0v) is 9.82. The molecule has 0 aromatic rings. The van der Waals surface area contributed by atoms with Gasteiger partial charge in [0.05, 0.1) is 0 Å². The van der Waals surface area contributed by atoms with Gasteiger partial charge in [0.15, 0.2) is 0 Å². The van der Waals surface area contributed by atoms with Crippen molar-refractivity contribution in [2.24, 2.45) is 11.7 Å². The lowest BCUT2D eigenvalue weighted by atomic mass is 9.74. The average Bonchev–Trinajstić information content (AvgIpc) is 2.12. The molecular weight excluding hydrogens is 178 g/mol. The van der Waals surface area contributed by atoms with Crippen molar-refractivity contribution in [3.8, 4) is 0 Å². The number of nitrogens with two attached hydrogens (primary N) is 1. The van der Waals surface area contributed by atoms with Crippen LogP contribution in [0.4, 0.5) is 0 Å². The monoisotopic (exact) mass is 201 g/mol. The summed E-state index contributed by atoms with van der Waals surface area (Å²) in [5.41, 5.74) is 6.19. The van der Waals surface area contributed by atoms with E-state index in [1.54, 1.807) is 0 Å². The molecule has 0 saturated heterocycles. The topological polar surface area (TPSA) is 26.0 Å². The first-order valence-corrected chi connectivity index (χ1v) is 6.07. The van der Waals surface area contributed by atoms with Gasteiger partial charge in [-0.25, -0.2) is 0 Å². The highest BCUT2D eigenvalue weighted by Gasteiger charge is 2.40. The normalized spacial score (nSPS) is 35.3. The molecule has 78 valence electrons. The molecule has 2 unspecified atom stereocenters. The van der Waals surface area contributed by atoms with Crippen LogP contribution in [-0.4, -0.2) is 10.8 Å². The highest BCUT2D eigenvalue weighted by molar-refractivity contribution is 7.81. The Morgan fingerprint density at radius 2 is 2.00 bits per heavy atom. The summed E-state index contributed by atoms with van der Waals surface area (Å²) in [6.07, 6.45) is 7.42. The molecule has 2 N–H and O–H groups in total. The predicted molar refractivity (Wildman–Crippen MR) is 62.2 cm³/mol. The third kappa shape index (κ3) is 2.21. The van der Waals surface area contributed by atoms with E-state index in [0.29, 0.717) is 12.0 Å². The first kappa shape index (κ1) is 11.4. The summed E-state index contributed by atoms with van der Waals surface area (Å²) in [4.78, 5) is 0. The molecular formula is C11H23NS. The maximum Gasteiger partial charge on any atom is 0.0308 e. The van der Waals surface area contributed by atoms with Crippen molar-refractivity contribution in [3.63, 3.8) is 0 Å². The quantitative estimate of drug-likeness (QED) is 0.675. The van der Waals surface area contributed by atoms with Crippen LogP contribution in [0.1, 0.15) is 52.4 Å². The van der Waals surface area contributed by atoms with Crippen molar-refractivity contribution in [2.75, 3.05) is 0 Å². The lowest BCUT2D eigenvalue weighted by molar-refractivity contribution is 0.243. The molecule has 1 rings (SSSR count). The van der Waals surface area contributed by atoms with Gasteiger partial charge in [-0.2, -0.15) is 12.6 Å². The third-order valence-electron chi connectivity index (χ3n) is 3.68. The van der Waals surface area contributed by atoms with Crippen molar-refractivity contribution in [1.82, 2.24) is 0 Å². The Morgan fingerprint density at radius 3 is 2.46 bits per heavy atom. The molecule has 0 aromatic carbocycles. The van der Waals surface area contributed by atoms with Crippen LogP contribution in [0.15, 0.2) is 0 Å². The molecule has 1 nitrogen and oxygen atoms in total. The van der Waals surface area contributed by atoms with Gasteiger partial charge in [0.1, 0.15) is 0 Å². The second-order valence-electron chi connectivity index (χ2n) is 4.36. The minimum absolute atomic E-state index is 0.127. The fourth-order valence-electron chi connectivity index (χ4n) is 2.71. The van der Waals surface area contributed by atoms with Gasteiger partial charge < -0.3 is 5.73 Å². The molecule has 1 aliphatic rings. The Balaban J connectivity index is 2.69. The van der Waals surface area contributed by atoms with Crippen molar-refractivity contribution >= 4 is 12.6 Å². The molecule has 0 aliphatic heterocycles. The van der Waals surface area contributed by atoms with E-state index in [1.165, 1.54) is 38.5 Å². The Morgan fingerprint density at radius 1 is 1.38 bits per heavy atom. The summed E-state index contributed by atoms with van der Waals surface area (Å²) in [6, 6.07) is 0.314. The van der Waals surface area contributed by atoms with E-state index in [2.05, 4.69) is 13.8 Å². The van der Waals surface area contributed by atoms with Crippen LogP contribution >= 0.6 is 12.6 Å². The van der Waals surface area contributed by atoms with E-state index in [0.717, 1.165) is 0 Å². The molecule has 1 aliphatic carbocycles. The Hall–Kier alpha value is 0.310. The van der Waals surface area contributed by atoms with Crippen molar-refractivity contribution < 1.29 is 0 Å². The Labute approximate surface area is 87.9 Å². The first-order valence-electron chi connectivity index (χ1n) is 5.63. The Kier molecular flexibility index (Phi) is 4.11. The van der Waals surface area contributed by atoms with E-state index >= 15 is 0 Å². The fraction of sp³-hybridized carbons (Fsp3) is 1.00. The maximum atomic E-state index is 6.19. The van der Waals surface area contributed by atoms with E-state index < -0.39 is 0 Å². The molecule has 13 heavy (non-hydrogen) atoms. The van der Waals surface area contributed by atoms with Crippen LogP contribution in [0, 0.1) is 5.92 Å². The zero-order chi connectivity index (χ0) is 9.90. The SMILES string of the molecule is CCC(CC)C1(S)CCCCC1N. The highest BCUT2D eigenvalue weighted by atomic mass is 32.1. The minimum Gasteiger partial charge on any atom is -0.326 e. The van der Waals surface area contributed by atoms with Crippen LogP contribution in [-0.2, 0) is 0 Å². The van der Waals surface area contributed by atoms with Crippen LogP contribution < -0.4 is 5.73 Å². The molecule has 1 saturated carbocycles. The third-order valence-corrected chi connectivity index (χ3v) is 4.60. The van der Waals surface area contributed by atoms with E-state index in [-0.39, 0.29) is 4.75 Å². The number of rotatable bonds is 3. The summed E-state index contributed by atoms with van der Waals surface area (Å²) >= 11 is 4.88. The second kappa shape index (κ2) is 4.70. The molecule has 0 radical (unpaired) electrons. The van der Waals surface area contributed by atoms with Gasteiger partial charge in [-0.15, -0.1) is 0 Å². The number of hydrogen-bond donors (Lipinski definition) is 2. The Bertz CT molecular complexity index is 156. The minimum atomic E-state index is 0.127. The molecule has 1 fully saturated rings. The molecule has 2 heteroatoms. The average molecular weight is 201 g/mol. The van der Waals surface area contributed by atoms with Gasteiger partial charge in [0, 0.05) is 10.8 Å².